The fraction of sp³-hybridized carbons (Fsp3) is 0.429. The first-order valence-electron chi connectivity index (χ1n) is 6.59. The number of aromatic nitrogens is 2. The van der Waals surface area contributed by atoms with Crippen LogP contribution in [0.3, 0.4) is 0 Å². The normalized spacial score (nSPS) is 18.6. The molecule has 6 nitrogen and oxygen atoms in total. The van der Waals surface area contributed by atoms with Gasteiger partial charge in [-0.2, -0.15) is 0 Å². The van der Waals surface area contributed by atoms with Gasteiger partial charge in [-0.05, 0) is 31.0 Å². The third-order valence-corrected chi connectivity index (χ3v) is 3.49. The van der Waals surface area contributed by atoms with E-state index < -0.39 is 5.97 Å². The number of hydrogen-bond acceptors (Lipinski definition) is 4. The molecule has 106 valence electrons. The number of carbonyl (C=O) groups is 1. The Labute approximate surface area is 115 Å². The van der Waals surface area contributed by atoms with Crippen LogP contribution >= 0.6 is 0 Å². The molecule has 2 heterocycles. The summed E-state index contributed by atoms with van der Waals surface area (Å²) in [4.78, 5) is 11.0. The van der Waals surface area contributed by atoms with Gasteiger partial charge in [0, 0.05) is 13.7 Å². The molecule has 1 aromatic carbocycles. The minimum Gasteiger partial charge on any atom is -0.478 e. The summed E-state index contributed by atoms with van der Waals surface area (Å²) >= 11 is 0. The smallest absolute Gasteiger partial charge is 0.335 e. The molecule has 0 radical (unpaired) electrons. The van der Waals surface area contributed by atoms with Crippen LogP contribution in [-0.2, 0) is 11.8 Å². The van der Waals surface area contributed by atoms with E-state index >= 15 is 0 Å². The zero-order chi connectivity index (χ0) is 14.1. The van der Waals surface area contributed by atoms with Crippen molar-refractivity contribution in [3.8, 4) is 5.88 Å². The molecule has 0 aliphatic carbocycles. The molecule has 2 aromatic rings. The van der Waals surface area contributed by atoms with Gasteiger partial charge in [0.05, 0.1) is 22.6 Å². The fourth-order valence-electron chi connectivity index (χ4n) is 2.41. The lowest BCUT2D eigenvalue weighted by Crippen LogP contribution is -2.16. The maximum Gasteiger partial charge on any atom is 0.335 e. The number of benzene rings is 1. The molecule has 1 fully saturated rings. The molecule has 1 unspecified atom stereocenters. The second-order valence-electron chi connectivity index (χ2n) is 4.91. The maximum atomic E-state index is 11.0. The van der Waals surface area contributed by atoms with Crippen LogP contribution in [0.2, 0.25) is 0 Å². The summed E-state index contributed by atoms with van der Waals surface area (Å²) in [5, 5.41) is 14.1. The summed E-state index contributed by atoms with van der Waals surface area (Å²) < 4.78 is 12.9. The monoisotopic (exact) mass is 276 g/mol. The Kier molecular flexibility index (Phi) is 3.31. The lowest BCUT2D eigenvalue weighted by Gasteiger charge is -2.09. The molecule has 0 amide bonds. The van der Waals surface area contributed by atoms with Crippen LogP contribution in [0.25, 0.3) is 10.9 Å². The van der Waals surface area contributed by atoms with Crippen molar-refractivity contribution >= 4 is 16.9 Å². The quantitative estimate of drug-likeness (QED) is 0.922. The van der Waals surface area contributed by atoms with Crippen LogP contribution in [0.4, 0.5) is 0 Å². The molecule has 1 saturated heterocycles. The van der Waals surface area contributed by atoms with E-state index in [0.29, 0.717) is 12.5 Å². The van der Waals surface area contributed by atoms with Crippen molar-refractivity contribution in [2.75, 3.05) is 13.2 Å². The van der Waals surface area contributed by atoms with E-state index in [-0.39, 0.29) is 11.7 Å². The third kappa shape index (κ3) is 2.34. The van der Waals surface area contributed by atoms with Gasteiger partial charge in [0.2, 0.25) is 5.88 Å². The van der Waals surface area contributed by atoms with Crippen LogP contribution in [0, 0.1) is 0 Å². The number of carboxylic acid groups (broad SMARTS) is 1. The molecular formula is C14H16N2O4. The van der Waals surface area contributed by atoms with Crippen LogP contribution in [0.1, 0.15) is 23.2 Å². The number of aromatic carboxylic acids is 1. The molecule has 1 atom stereocenters. The Morgan fingerprint density at radius 2 is 2.45 bits per heavy atom. The highest BCUT2D eigenvalue weighted by atomic mass is 16.5. The van der Waals surface area contributed by atoms with E-state index in [1.165, 1.54) is 0 Å². The van der Waals surface area contributed by atoms with Gasteiger partial charge in [-0.25, -0.2) is 4.79 Å². The summed E-state index contributed by atoms with van der Waals surface area (Å²) in [5.74, 6) is -0.426. The van der Waals surface area contributed by atoms with Crippen LogP contribution in [-0.4, -0.2) is 40.2 Å². The van der Waals surface area contributed by atoms with Crippen LogP contribution < -0.4 is 4.74 Å². The van der Waals surface area contributed by atoms with E-state index in [2.05, 4.69) is 5.10 Å². The Morgan fingerprint density at radius 1 is 1.60 bits per heavy atom. The molecule has 0 spiro atoms. The second-order valence-corrected chi connectivity index (χ2v) is 4.91. The Hall–Kier alpha value is -2.08. The highest BCUT2D eigenvalue weighted by Gasteiger charge is 2.18. The molecule has 20 heavy (non-hydrogen) atoms. The number of nitrogens with zero attached hydrogens (tertiary/aromatic N) is 2. The van der Waals surface area contributed by atoms with E-state index in [1.54, 1.807) is 29.9 Å². The number of fused-ring (bicyclic) bond motifs is 1. The number of rotatable bonds is 4. The van der Waals surface area contributed by atoms with Gasteiger partial charge in [-0.15, -0.1) is 5.10 Å². The van der Waals surface area contributed by atoms with Crippen molar-refractivity contribution in [2.45, 2.75) is 18.9 Å². The largest absolute Gasteiger partial charge is 0.478 e. The van der Waals surface area contributed by atoms with Crippen molar-refractivity contribution in [1.82, 2.24) is 9.78 Å². The summed E-state index contributed by atoms with van der Waals surface area (Å²) in [5.41, 5.74) is 0.985. The molecule has 6 heteroatoms. The Balaban J connectivity index is 1.85. The first-order chi connectivity index (χ1) is 9.65. The van der Waals surface area contributed by atoms with Crippen molar-refractivity contribution in [3.63, 3.8) is 0 Å². The first-order valence-corrected chi connectivity index (χ1v) is 6.59. The van der Waals surface area contributed by atoms with Crippen LogP contribution in [0.15, 0.2) is 18.2 Å². The number of hydrogen-bond donors (Lipinski definition) is 1. The third-order valence-electron chi connectivity index (χ3n) is 3.49. The van der Waals surface area contributed by atoms with Crippen molar-refractivity contribution < 1.29 is 19.4 Å². The Bertz CT molecular complexity index is 644. The zero-order valence-corrected chi connectivity index (χ0v) is 11.2. The number of ether oxygens (including phenoxy) is 2. The fourth-order valence-corrected chi connectivity index (χ4v) is 2.41. The maximum absolute atomic E-state index is 11.0. The number of carboxylic acids is 1. The highest BCUT2D eigenvalue weighted by molar-refractivity contribution is 5.94. The van der Waals surface area contributed by atoms with Gasteiger partial charge in [0.15, 0.2) is 0 Å². The molecule has 1 N–H and O–H groups in total. The van der Waals surface area contributed by atoms with Gasteiger partial charge in [-0.1, -0.05) is 0 Å². The SMILES string of the molecule is Cn1nc(OCC2CCCO2)c2ccc(C(=O)O)cc21. The van der Waals surface area contributed by atoms with Crippen molar-refractivity contribution in [3.05, 3.63) is 23.8 Å². The molecular weight excluding hydrogens is 260 g/mol. The van der Waals surface area contributed by atoms with E-state index in [1.807, 2.05) is 0 Å². The lowest BCUT2D eigenvalue weighted by molar-refractivity contribution is 0.0666. The summed E-state index contributed by atoms with van der Waals surface area (Å²) in [6, 6.07) is 4.89. The summed E-state index contributed by atoms with van der Waals surface area (Å²) in [6.45, 7) is 1.27. The highest BCUT2D eigenvalue weighted by Crippen LogP contribution is 2.26. The lowest BCUT2D eigenvalue weighted by atomic mass is 10.1. The van der Waals surface area contributed by atoms with Crippen LogP contribution in [0.5, 0.6) is 5.88 Å². The minimum atomic E-state index is -0.949. The minimum absolute atomic E-state index is 0.130. The van der Waals surface area contributed by atoms with Crippen molar-refractivity contribution in [2.24, 2.45) is 7.05 Å². The van der Waals surface area contributed by atoms with Crippen molar-refractivity contribution in [1.29, 1.82) is 0 Å². The summed E-state index contributed by atoms with van der Waals surface area (Å²) in [7, 11) is 1.77. The molecule has 0 bridgehead atoms. The average molecular weight is 276 g/mol. The predicted octanol–water partition coefficient (Wildman–Crippen LogP) is 1.83. The van der Waals surface area contributed by atoms with E-state index in [9.17, 15) is 4.79 Å². The van der Waals surface area contributed by atoms with Gasteiger partial charge in [0.25, 0.3) is 0 Å². The average Bonchev–Trinajstić information content (AvgIpc) is 3.05. The Morgan fingerprint density at radius 3 is 3.15 bits per heavy atom. The topological polar surface area (TPSA) is 73.6 Å². The van der Waals surface area contributed by atoms with Gasteiger partial charge in [0.1, 0.15) is 6.61 Å². The molecule has 0 saturated carbocycles. The zero-order valence-electron chi connectivity index (χ0n) is 11.2. The molecule has 3 rings (SSSR count). The van der Waals surface area contributed by atoms with Gasteiger partial charge >= 0.3 is 5.97 Å². The standard InChI is InChI=1S/C14H16N2O4/c1-16-12-7-9(14(17)18)4-5-11(12)13(15-16)20-8-10-3-2-6-19-10/h4-5,7,10H,2-3,6,8H2,1H3,(H,17,18). The van der Waals surface area contributed by atoms with Gasteiger partial charge < -0.3 is 14.6 Å². The van der Waals surface area contributed by atoms with E-state index in [0.717, 1.165) is 30.4 Å². The van der Waals surface area contributed by atoms with E-state index in [4.69, 9.17) is 14.6 Å². The predicted molar refractivity (Wildman–Crippen MR) is 72.1 cm³/mol. The summed E-state index contributed by atoms with van der Waals surface area (Å²) in [6.07, 6.45) is 2.21. The number of aryl methyl sites for hydroxylation is 1. The molecule has 1 aromatic heterocycles. The first kappa shape index (κ1) is 12.9. The van der Waals surface area contributed by atoms with Gasteiger partial charge in [-0.3, -0.25) is 4.68 Å². The second kappa shape index (κ2) is 5.13. The molecule has 1 aliphatic rings. The molecule has 1 aliphatic heterocycles.